The molecular weight excluding hydrogens is 178 g/mol. The molecule has 1 unspecified atom stereocenters. The predicted molar refractivity (Wildman–Crippen MR) is 57.9 cm³/mol. The Morgan fingerprint density at radius 1 is 1.36 bits per heavy atom. The standard InChI is InChI=1S/C11H17NO2/c1-8(7-13)10-6-9(12(2)3)4-5-11(10)14/h4-6,8,13-14H,7H2,1-3H3. The molecule has 0 amide bonds. The minimum absolute atomic E-state index is 0.0325. The highest BCUT2D eigenvalue weighted by Crippen LogP contribution is 2.29. The highest BCUT2D eigenvalue weighted by atomic mass is 16.3. The van der Waals surface area contributed by atoms with Crippen molar-refractivity contribution in [1.29, 1.82) is 0 Å². The fourth-order valence-electron chi connectivity index (χ4n) is 1.31. The van der Waals surface area contributed by atoms with Crippen LogP contribution < -0.4 is 4.90 Å². The van der Waals surface area contributed by atoms with E-state index in [1.54, 1.807) is 6.07 Å². The lowest BCUT2D eigenvalue weighted by Crippen LogP contribution is -2.09. The highest BCUT2D eigenvalue weighted by Gasteiger charge is 2.10. The summed E-state index contributed by atoms with van der Waals surface area (Å²) in [6, 6.07) is 5.41. The molecule has 0 aliphatic rings. The average Bonchev–Trinajstić information content (AvgIpc) is 2.17. The summed E-state index contributed by atoms with van der Waals surface area (Å²) in [5, 5.41) is 18.6. The van der Waals surface area contributed by atoms with Crippen LogP contribution in [-0.2, 0) is 0 Å². The largest absolute Gasteiger partial charge is 0.508 e. The minimum Gasteiger partial charge on any atom is -0.508 e. The molecule has 0 fully saturated rings. The Labute approximate surface area is 84.6 Å². The van der Waals surface area contributed by atoms with E-state index in [-0.39, 0.29) is 18.3 Å². The number of benzene rings is 1. The van der Waals surface area contributed by atoms with Gasteiger partial charge in [0.2, 0.25) is 0 Å². The summed E-state index contributed by atoms with van der Waals surface area (Å²) >= 11 is 0. The molecule has 3 heteroatoms. The van der Waals surface area contributed by atoms with Crippen LogP contribution in [0.25, 0.3) is 0 Å². The first-order valence-electron chi connectivity index (χ1n) is 4.67. The number of hydrogen-bond acceptors (Lipinski definition) is 3. The smallest absolute Gasteiger partial charge is 0.119 e. The summed E-state index contributed by atoms with van der Waals surface area (Å²) in [5.74, 6) is 0.215. The number of aliphatic hydroxyl groups excluding tert-OH is 1. The Kier molecular flexibility index (Phi) is 3.36. The van der Waals surface area contributed by atoms with Gasteiger partial charge >= 0.3 is 0 Å². The first kappa shape index (κ1) is 10.9. The second-order valence-electron chi connectivity index (χ2n) is 3.72. The van der Waals surface area contributed by atoms with Crippen molar-refractivity contribution in [3.63, 3.8) is 0 Å². The topological polar surface area (TPSA) is 43.7 Å². The SMILES string of the molecule is CC(CO)c1cc(N(C)C)ccc1O. The van der Waals surface area contributed by atoms with Gasteiger partial charge in [0.15, 0.2) is 0 Å². The molecular formula is C11H17NO2. The van der Waals surface area contributed by atoms with E-state index in [1.165, 1.54) is 0 Å². The first-order chi connectivity index (χ1) is 6.56. The third-order valence-electron chi connectivity index (χ3n) is 2.33. The Bertz CT molecular complexity index is 310. The molecule has 0 bridgehead atoms. The van der Waals surface area contributed by atoms with Crippen LogP contribution in [-0.4, -0.2) is 30.9 Å². The number of phenols is 1. The lowest BCUT2D eigenvalue weighted by atomic mass is 10.0. The Morgan fingerprint density at radius 2 is 2.00 bits per heavy atom. The van der Waals surface area contributed by atoms with Gasteiger partial charge in [0, 0.05) is 37.9 Å². The van der Waals surface area contributed by atoms with E-state index in [9.17, 15) is 5.11 Å². The van der Waals surface area contributed by atoms with Gasteiger partial charge in [-0.2, -0.15) is 0 Å². The van der Waals surface area contributed by atoms with E-state index in [1.807, 2.05) is 38.1 Å². The summed E-state index contributed by atoms with van der Waals surface area (Å²) in [5.41, 5.74) is 1.82. The van der Waals surface area contributed by atoms with Crippen LogP contribution in [0.5, 0.6) is 5.75 Å². The predicted octanol–water partition coefficient (Wildman–Crippen LogP) is 1.55. The van der Waals surface area contributed by atoms with Crippen LogP contribution in [0, 0.1) is 0 Å². The van der Waals surface area contributed by atoms with Gasteiger partial charge in [-0.1, -0.05) is 6.92 Å². The molecule has 78 valence electrons. The number of aliphatic hydroxyl groups is 1. The van der Waals surface area contributed by atoms with Gasteiger partial charge in [0.25, 0.3) is 0 Å². The monoisotopic (exact) mass is 195 g/mol. The molecule has 1 aromatic rings. The summed E-state index contributed by atoms with van der Waals surface area (Å²) in [6.07, 6.45) is 0. The van der Waals surface area contributed by atoms with E-state index in [0.717, 1.165) is 11.3 Å². The van der Waals surface area contributed by atoms with Gasteiger partial charge in [-0.05, 0) is 18.2 Å². The lowest BCUT2D eigenvalue weighted by molar-refractivity contribution is 0.270. The molecule has 0 saturated carbocycles. The summed E-state index contributed by atoms with van der Waals surface area (Å²) in [7, 11) is 3.89. The zero-order valence-corrected chi connectivity index (χ0v) is 8.86. The van der Waals surface area contributed by atoms with Gasteiger partial charge in [0.1, 0.15) is 5.75 Å². The normalized spacial score (nSPS) is 12.6. The number of hydrogen-bond donors (Lipinski definition) is 2. The molecule has 3 nitrogen and oxygen atoms in total. The van der Waals surface area contributed by atoms with Crippen molar-refractivity contribution in [2.75, 3.05) is 25.6 Å². The summed E-state index contributed by atoms with van der Waals surface area (Å²) in [6.45, 7) is 1.93. The van der Waals surface area contributed by atoms with Crippen molar-refractivity contribution < 1.29 is 10.2 Å². The highest BCUT2D eigenvalue weighted by molar-refractivity contribution is 5.52. The van der Waals surface area contributed by atoms with E-state index in [2.05, 4.69) is 0 Å². The molecule has 0 heterocycles. The Balaban J connectivity index is 3.08. The molecule has 0 spiro atoms. The summed E-state index contributed by atoms with van der Waals surface area (Å²) in [4.78, 5) is 1.97. The molecule has 14 heavy (non-hydrogen) atoms. The number of rotatable bonds is 3. The summed E-state index contributed by atoms with van der Waals surface area (Å²) < 4.78 is 0. The van der Waals surface area contributed by atoms with Crippen molar-refractivity contribution in [3.05, 3.63) is 23.8 Å². The van der Waals surface area contributed by atoms with Gasteiger partial charge in [0.05, 0.1) is 0 Å². The van der Waals surface area contributed by atoms with Gasteiger partial charge in [-0.25, -0.2) is 0 Å². The quantitative estimate of drug-likeness (QED) is 0.769. The van der Waals surface area contributed by atoms with E-state index < -0.39 is 0 Å². The minimum atomic E-state index is -0.0325. The van der Waals surface area contributed by atoms with Gasteiger partial charge in [-0.3, -0.25) is 0 Å². The van der Waals surface area contributed by atoms with Crippen LogP contribution >= 0.6 is 0 Å². The third kappa shape index (κ3) is 2.17. The van der Waals surface area contributed by atoms with Crippen LogP contribution in [0.4, 0.5) is 5.69 Å². The van der Waals surface area contributed by atoms with Crippen LogP contribution in [0.1, 0.15) is 18.4 Å². The molecule has 2 N–H and O–H groups in total. The molecule has 0 aromatic heterocycles. The molecule has 0 saturated heterocycles. The molecule has 0 aliphatic heterocycles. The average molecular weight is 195 g/mol. The lowest BCUT2D eigenvalue weighted by Gasteiger charge is -2.17. The van der Waals surface area contributed by atoms with Gasteiger partial charge in [-0.15, -0.1) is 0 Å². The Hall–Kier alpha value is -1.22. The maximum absolute atomic E-state index is 9.59. The first-order valence-corrected chi connectivity index (χ1v) is 4.67. The van der Waals surface area contributed by atoms with Crippen molar-refractivity contribution in [3.8, 4) is 5.75 Å². The second kappa shape index (κ2) is 4.33. The van der Waals surface area contributed by atoms with Crippen LogP contribution in [0.15, 0.2) is 18.2 Å². The van der Waals surface area contributed by atoms with Crippen LogP contribution in [0.2, 0.25) is 0 Å². The van der Waals surface area contributed by atoms with E-state index >= 15 is 0 Å². The van der Waals surface area contributed by atoms with Crippen molar-refractivity contribution in [1.82, 2.24) is 0 Å². The zero-order chi connectivity index (χ0) is 10.7. The maximum atomic E-state index is 9.59. The number of aromatic hydroxyl groups is 1. The van der Waals surface area contributed by atoms with Gasteiger partial charge < -0.3 is 15.1 Å². The van der Waals surface area contributed by atoms with Crippen LogP contribution in [0.3, 0.4) is 0 Å². The fraction of sp³-hybridized carbons (Fsp3) is 0.455. The molecule has 1 aromatic carbocycles. The Morgan fingerprint density at radius 3 is 2.50 bits per heavy atom. The fourth-order valence-corrected chi connectivity index (χ4v) is 1.31. The number of anilines is 1. The number of nitrogens with zero attached hydrogens (tertiary/aromatic N) is 1. The van der Waals surface area contributed by atoms with Crippen molar-refractivity contribution in [2.45, 2.75) is 12.8 Å². The molecule has 1 atom stereocenters. The van der Waals surface area contributed by atoms with Crippen molar-refractivity contribution in [2.24, 2.45) is 0 Å². The second-order valence-corrected chi connectivity index (χ2v) is 3.72. The molecule has 0 aliphatic carbocycles. The number of phenolic OH excluding ortho intramolecular Hbond substituents is 1. The zero-order valence-electron chi connectivity index (χ0n) is 8.86. The molecule has 0 radical (unpaired) electrons. The van der Waals surface area contributed by atoms with E-state index in [0.29, 0.717) is 0 Å². The maximum Gasteiger partial charge on any atom is 0.119 e. The van der Waals surface area contributed by atoms with Crippen molar-refractivity contribution >= 4 is 5.69 Å². The molecule has 1 rings (SSSR count). The third-order valence-corrected chi connectivity index (χ3v) is 2.33. The van der Waals surface area contributed by atoms with E-state index in [4.69, 9.17) is 5.11 Å².